The maximum atomic E-state index is 13.6. The number of pyridine rings is 2. The third kappa shape index (κ3) is 1.88. The maximum absolute atomic E-state index is 13.6. The molecule has 3 nitrogen and oxygen atoms in total. The Morgan fingerprint density at radius 1 is 1.09 bits per heavy atom. The van der Waals surface area contributed by atoms with E-state index in [4.69, 9.17) is 4.98 Å². The summed E-state index contributed by atoms with van der Waals surface area (Å²) in [7, 11) is 0. The van der Waals surface area contributed by atoms with Gasteiger partial charge in [0.05, 0.1) is 11.4 Å². The molecule has 4 heteroatoms. The van der Waals surface area contributed by atoms with Gasteiger partial charge in [-0.15, -0.1) is 0 Å². The van der Waals surface area contributed by atoms with Crippen LogP contribution in [0, 0.1) is 5.82 Å². The largest absolute Gasteiger partial charge is 0.300 e. The van der Waals surface area contributed by atoms with Crippen LogP contribution in [0.2, 0.25) is 0 Å². The van der Waals surface area contributed by atoms with E-state index in [0.717, 1.165) is 39.8 Å². The van der Waals surface area contributed by atoms with Crippen molar-refractivity contribution in [3.05, 3.63) is 66.5 Å². The van der Waals surface area contributed by atoms with Crippen LogP contribution in [-0.4, -0.2) is 14.4 Å². The number of fused-ring (bicyclic) bond motifs is 2. The molecule has 0 atom stereocenters. The smallest absolute Gasteiger partial charge is 0.139 e. The Bertz CT molecular complexity index is 983. The average molecular weight is 291 g/mol. The summed E-state index contributed by atoms with van der Waals surface area (Å²) in [6.45, 7) is 2.05. The van der Waals surface area contributed by atoms with Crippen LogP contribution in [0.1, 0.15) is 12.6 Å². The minimum Gasteiger partial charge on any atom is -0.300 e. The number of hydrogen-bond donors (Lipinski definition) is 0. The number of aromatic nitrogens is 3. The van der Waals surface area contributed by atoms with Crippen molar-refractivity contribution >= 4 is 16.4 Å². The fourth-order valence-electron chi connectivity index (χ4n) is 2.93. The molecule has 0 aliphatic carbocycles. The zero-order valence-electron chi connectivity index (χ0n) is 12.1. The van der Waals surface area contributed by atoms with Gasteiger partial charge >= 0.3 is 0 Å². The Balaban J connectivity index is 2.08. The Labute approximate surface area is 127 Å². The molecule has 108 valence electrons. The lowest BCUT2D eigenvalue weighted by atomic mass is 10.0. The molecule has 0 fully saturated rings. The second kappa shape index (κ2) is 4.91. The van der Waals surface area contributed by atoms with Crippen LogP contribution >= 0.6 is 0 Å². The molecule has 0 aliphatic heterocycles. The van der Waals surface area contributed by atoms with E-state index in [1.165, 1.54) is 12.3 Å². The third-order valence-electron chi connectivity index (χ3n) is 3.94. The van der Waals surface area contributed by atoms with Crippen LogP contribution in [0.5, 0.6) is 0 Å². The molecule has 22 heavy (non-hydrogen) atoms. The van der Waals surface area contributed by atoms with Gasteiger partial charge in [0.1, 0.15) is 11.5 Å². The Morgan fingerprint density at radius 3 is 2.82 bits per heavy atom. The summed E-state index contributed by atoms with van der Waals surface area (Å²) in [5, 5.41) is 2.18. The highest BCUT2D eigenvalue weighted by molar-refractivity contribution is 5.95. The summed E-state index contributed by atoms with van der Waals surface area (Å²) in [4.78, 5) is 9.03. The van der Waals surface area contributed by atoms with Crippen molar-refractivity contribution in [1.29, 1.82) is 0 Å². The minimum atomic E-state index is -0.262. The van der Waals surface area contributed by atoms with E-state index in [2.05, 4.69) is 18.0 Å². The number of hydrogen-bond acceptors (Lipinski definition) is 2. The van der Waals surface area contributed by atoms with E-state index in [-0.39, 0.29) is 5.82 Å². The molecule has 3 heterocycles. The van der Waals surface area contributed by atoms with E-state index in [1.54, 1.807) is 6.07 Å². The predicted octanol–water partition coefficient (Wildman–Crippen LogP) is 4.25. The number of halogens is 1. The van der Waals surface area contributed by atoms with Crippen molar-refractivity contribution in [2.75, 3.05) is 0 Å². The predicted molar refractivity (Wildman–Crippen MR) is 85.3 cm³/mol. The molecule has 0 unspecified atom stereocenters. The van der Waals surface area contributed by atoms with Crippen molar-refractivity contribution in [2.24, 2.45) is 0 Å². The molecular formula is C18H14FN3. The van der Waals surface area contributed by atoms with E-state index in [1.807, 2.05) is 35.0 Å². The zero-order chi connectivity index (χ0) is 15.1. The second-order valence-electron chi connectivity index (χ2n) is 5.24. The average Bonchev–Trinajstić information content (AvgIpc) is 2.91. The fraction of sp³-hybridized carbons (Fsp3) is 0.111. The second-order valence-corrected chi connectivity index (χ2v) is 5.24. The summed E-state index contributed by atoms with van der Waals surface area (Å²) >= 11 is 0. The quantitative estimate of drug-likeness (QED) is 0.552. The van der Waals surface area contributed by atoms with Crippen molar-refractivity contribution in [1.82, 2.24) is 14.4 Å². The van der Waals surface area contributed by atoms with Crippen LogP contribution in [0.4, 0.5) is 4.39 Å². The van der Waals surface area contributed by atoms with Gasteiger partial charge in [-0.25, -0.2) is 9.37 Å². The lowest BCUT2D eigenvalue weighted by molar-refractivity contribution is 0.618. The summed E-state index contributed by atoms with van der Waals surface area (Å²) in [6.07, 6.45) is 5.94. The summed E-state index contributed by atoms with van der Waals surface area (Å²) in [6, 6.07) is 11.2. The van der Waals surface area contributed by atoms with Crippen molar-refractivity contribution in [2.45, 2.75) is 13.3 Å². The van der Waals surface area contributed by atoms with Gasteiger partial charge in [-0.05, 0) is 23.9 Å². The van der Waals surface area contributed by atoms with Gasteiger partial charge in [-0.2, -0.15) is 0 Å². The summed E-state index contributed by atoms with van der Waals surface area (Å²) in [5.41, 5.74) is 3.60. The first-order valence-corrected chi connectivity index (χ1v) is 7.27. The molecule has 4 rings (SSSR count). The molecule has 1 aromatic carbocycles. The van der Waals surface area contributed by atoms with Crippen molar-refractivity contribution < 1.29 is 4.39 Å². The standard InChI is InChI=1S/C18H14FN3/c1-2-16-18(21-17-8-7-13(19)11-22(16)17)15-10-20-9-12-5-3-4-6-14(12)15/h3-11H,2H2,1H3. The van der Waals surface area contributed by atoms with Gasteiger partial charge < -0.3 is 4.40 Å². The number of benzene rings is 1. The van der Waals surface area contributed by atoms with E-state index < -0.39 is 0 Å². The highest BCUT2D eigenvalue weighted by Crippen LogP contribution is 2.30. The van der Waals surface area contributed by atoms with Crippen LogP contribution in [0.25, 0.3) is 27.7 Å². The number of aryl methyl sites for hydroxylation is 1. The molecule has 3 aromatic heterocycles. The minimum absolute atomic E-state index is 0.262. The topological polar surface area (TPSA) is 30.2 Å². The number of imidazole rings is 1. The fourth-order valence-corrected chi connectivity index (χ4v) is 2.93. The van der Waals surface area contributed by atoms with Crippen molar-refractivity contribution in [3.8, 4) is 11.3 Å². The molecule has 4 aromatic rings. The molecule has 0 bridgehead atoms. The summed E-state index contributed by atoms with van der Waals surface area (Å²) in [5.74, 6) is -0.262. The van der Waals surface area contributed by atoms with Crippen molar-refractivity contribution in [3.63, 3.8) is 0 Å². The lowest BCUT2D eigenvalue weighted by Crippen LogP contribution is -1.94. The molecule has 0 amide bonds. The number of nitrogens with zero attached hydrogens (tertiary/aromatic N) is 3. The molecular weight excluding hydrogens is 277 g/mol. The molecule has 0 spiro atoms. The highest BCUT2D eigenvalue weighted by Gasteiger charge is 2.15. The first-order chi connectivity index (χ1) is 10.8. The maximum Gasteiger partial charge on any atom is 0.139 e. The Morgan fingerprint density at radius 2 is 1.95 bits per heavy atom. The lowest BCUT2D eigenvalue weighted by Gasteiger charge is -2.06. The monoisotopic (exact) mass is 291 g/mol. The Hall–Kier alpha value is -2.75. The first-order valence-electron chi connectivity index (χ1n) is 7.27. The van der Waals surface area contributed by atoms with Gasteiger partial charge in [0, 0.05) is 29.5 Å². The van der Waals surface area contributed by atoms with Crippen LogP contribution in [0.3, 0.4) is 0 Å². The van der Waals surface area contributed by atoms with Gasteiger partial charge in [0.2, 0.25) is 0 Å². The third-order valence-corrected chi connectivity index (χ3v) is 3.94. The summed E-state index contributed by atoms with van der Waals surface area (Å²) < 4.78 is 15.4. The van der Waals surface area contributed by atoms with Gasteiger partial charge in [-0.1, -0.05) is 31.2 Å². The van der Waals surface area contributed by atoms with Crippen LogP contribution in [-0.2, 0) is 6.42 Å². The van der Waals surface area contributed by atoms with E-state index in [0.29, 0.717) is 0 Å². The first kappa shape index (κ1) is 13.0. The molecule has 0 radical (unpaired) electrons. The molecule has 0 aliphatic rings. The number of rotatable bonds is 2. The highest BCUT2D eigenvalue weighted by atomic mass is 19.1. The zero-order valence-corrected chi connectivity index (χ0v) is 12.1. The van der Waals surface area contributed by atoms with Gasteiger partial charge in [0.25, 0.3) is 0 Å². The van der Waals surface area contributed by atoms with Gasteiger partial charge in [0.15, 0.2) is 0 Å². The van der Waals surface area contributed by atoms with Crippen LogP contribution in [0.15, 0.2) is 55.0 Å². The molecule has 0 N–H and O–H groups in total. The van der Waals surface area contributed by atoms with Gasteiger partial charge in [-0.3, -0.25) is 4.98 Å². The molecule has 0 saturated carbocycles. The Kier molecular flexibility index (Phi) is 2.89. The van der Waals surface area contributed by atoms with E-state index in [9.17, 15) is 4.39 Å². The normalized spacial score (nSPS) is 11.4. The van der Waals surface area contributed by atoms with E-state index >= 15 is 0 Å². The molecule has 0 saturated heterocycles. The van der Waals surface area contributed by atoms with Crippen LogP contribution < -0.4 is 0 Å². The SMILES string of the molecule is CCc1c(-c2cncc3ccccc23)nc2ccc(F)cn12.